The molecule has 0 spiro atoms. The van der Waals surface area contributed by atoms with E-state index in [0.717, 1.165) is 15.4 Å². The molecular weight excluding hydrogens is 408 g/mol. The van der Waals surface area contributed by atoms with E-state index in [9.17, 15) is 13.2 Å². The van der Waals surface area contributed by atoms with Crippen LogP contribution in [0.4, 0.5) is 5.69 Å². The highest BCUT2D eigenvalue weighted by Gasteiger charge is 2.28. The van der Waals surface area contributed by atoms with Crippen LogP contribution in [0.3, 0.4) is 0 Å². The number of nitrogens with one attached hydrogen (secondary N) is 1. The zero-order valence-electron chi connectivity index (χ0n) is 15.9. The lowest BCUT2D eigenvalue weighted by molar-refractivity contribution is -0.119. The number of benzene rings is 3. The fourth-order valence-electron chi connectivity index (χ4n) is 2.86. The predicted octanol–water partition coefficient (Wildman–Crippen LogP) is 4.16. The van der Waals surface area contributed by atoms with Crippen molar-refractivity contribution in [3.05, 3.63) is 95.0 Å². The number of para-hydroxylation sites is 1. The standard InChI is InChI=1S/C22H21ClN2O3S/c1-17-9-5-6-10-18(17)15-24-22(26)16-25(21-14-8-7-13-20(21)23)29(27,28)19-11-3-2-4-12-19/h2-14H,15-16H2,1H3,(H,24,26). The molecule has 3 rings (SSSR count). The van der Waals surface area contributed by atoms with E-state index >= 15 is 0 Å². The highest BCUT2D eigenvalue weighted by molar-refractivity contribution is 7.92. The number of carbonyl (C=O) groups is 1. The molecule has 0 aliphatic rings. The molecule has 0 unspecified atom stereocenters. The molecule has 0 bridgehead atoms. The van der Waals surface area contributed by atoms with Crippen LogP contribution in [0.2, 0.25) is 5.02 Å². The Balaban J connectivity index is 1.87. The minimum absolute atomic E-state index is 0.0895. The molecule has 1 amide bonds. The Kier molecular flexibility index (Phi) is 6.56. The summed E-state index contributed by atoms with van der Waals surface area (Å²) in [5.41, 5.74) is 2.27. The number of anilines is 1. The Hall–Kier alpha value is -2.83. The van der Waals surface area contributed by atoms with Crippen LogP contribution in [0.5, 0.6) is 0 Å². The maximum atomic E-state index is 13.2. The van der Waals surface area contributed by atoms with E-state index in [1.807, 2.05) is 31.2 Å². The van der Waals surface area contributed by atoms with Gasteiger partial charge in [0.2, 0.25) is 5.91 Å². The summed E-state index contributed by atoms with van der Waals surface area (Å²) >= 11 is 6.25. The highest BCUT2D eigenvalue weighted by atomic mass is 35.5. The summed E-state index contributed by atoms with van der Waals surface area (Å²) in [5, 5.41) is 3.04. The molecular formula is C22H21ClN2O3S. The summed E-state index contributed by atoms with van der Waals surface area (Å²) < 4.78 is 27.5. The molecule has 0 aliphatic heterocycles. The smallest absolute Gasteiger partial charge is 0.264 e. The maximum Gasteiger partial charge on any atom is 0.264 e. The largest absolute Gasteiger partial charge is 0.350 e. The van der Waals surface area contributed by atoms with Crippen LogP contribution in [-0.2, 0) is 21.4 Å². The zero-order chi connectivity index (χ0) is 20.9. The number of hydrogen-bond acceptors (Lipinski definition) is 3. The van der Waals surface area contributed by atoms with Crippen molar-refractivity contribution < 1.29 is 13.2 Å². The van der Waals surface area contributed by atoms with Gasteiger partial charge in [0.15, 0.2) is 0 Å². The van der Waals surface area contributed by atoms with Gasteiger partial charge in [0.05, 0.1) is 15.6 Å². The molecule has 0 aliphatic carbocycles. The molecule has 3 aromatic carbocycles. The van der Waals surface area contributed by atoms with Crippen molar-refractivity contribution in [3.63, 3.8) is 0 Å². The van der Waals surface area contributed by atoms with Crippen molar-refractivity contribution in [3.8, 4) is 0 Å². The normalized spacial score (nSPS) is 11.1. The van der Waals surface area contributed by atoms with Crippen LogP contribution in [0.25, 0.3) is 0 Å². The van der Waals surface area contributed by atoms with Crippen LogP contribution >= 0.6 is 11.6 Å². The molecule has 0 aromatic heterocycles. The number of halogens is 1. The van der Waals surface area contributed by atoms with Gasteiger partial charge in [-0.1, -0.05) is 66.2 Å². The fourth-order valence-corrected chi connectivity index (χ4v) is 4.61. The Morgan fingerprint density at radius 2 is 1.55 bits per heavy atom. The second-order valence-electron chi connectivity index (χ2n) is 6.48. The van der Waals surface area contributed by atoms with E-state index in [0.29, 0.717) is 6.54 Å². The highest BCUT2D eigenvalue weighted by Crippen LogP contribution is 2.30. The van der Waals surface area contributed by atoms with Gasteiger partial charge in [-0.25, -0.2) is 8.42 Å². The summed E-state index contributed by atoms with van der Waals surface area (Å²) in [6.45, 7) is 1.89. The first-order chi connectivity index (χ1) is 13.9. The number of aryl methyl sites for hydroxylation is 1. The van der Waals surface area contributed by atoms with Gasteiger partial charge < -0.3 is 5.32 Å². The lowest BCUT2D eigenvalue weighted by Gasteiger charge is -2.25. The number of rotatable bonds is 7. The van der Waals surface area contributed by atoms with Gasteiger partial charge in [-0.2, -0.15) is 0 Å². The third-order valence-electron chi connectivity index (χ3n) is 4.48. The van der Waals surface area contributed by atoms with Crippen LogP contribution < -0.4 is 9.62 Å². The molecule has 1 N–H and O–H groups in total. The molecule has 0 atom stereocenters. The topological polar surface area (TPSA) is 66.5 Å². The molecule has 150 valence electrons. The van der Waals surface area contributed by atoms with E-state index in [2.05, 4.69) is 5.32 Å². The Bertz CT molecular complexity index is 1100. The first kappa shape index (κ1) is 20.9. The molecule has 0 radical (unpaired) electrons. The van der Waals surface area contributed by atoms with Crippen molar-refractivity contribution in [1.29, 1.82) is 0 Å². The van der Waals surface area contributed by atoms with Gasteiger partial charge in [-0.15, -0.1) is 0 Å². The third-order valence-corrected chi connectivity index (χ3v) is 6.57. The Morgan fingerprint density at radius 1 is 0.931 bits per heavy atom. The molecule has 0 fully saturated rings. The summed E-state index contributed by atoms with van der Waals surface area (Å²) in [6.07, 6.45) is 0. The zero-order valence-corrected chi connectivity index (χ0v) is 17.5. The minimum atomic E-state index is -3.97. The number of amides is 1. The van der Waals surface area contributed by atoms with Crippen LogP contribution in [-0.4, -0.2) is 20.9 Å². The molecule has 0 saturated heterocycles. The average Bonchev–Trinajstić information content (AvgIpc) is 2.72. The maximum absolute atomic E-state index is 13.2. The molecule has 0 saturated carbocycles. The van der Waals surface area contributed by atoms with Crippen LogP contribution in [0, 0.1) is 6.92 Å². The first-order valence-electron chi connectivity index (χ1n) is 9.03. The summed E-state index contributed by atoms with van der Waals surface area (Å²) in [4.78, 5) is 12.7. The van der Waals surface area contributed by atoms with E-state index < -0.39 is 15.9 Å². The fraction of sp³-hybridized carbons (Fsp3) is 0.136. The third kappa shape index (κ3) is 4.96. The Morgan fingerprint density at radius 3 is 2.24 bits per heavy atom. The predicted molar refractivity (Wildman–Crippen MR) is 115 cm³/mol. The van der Waals surface area contributed by atoms with Crippen molar-refractivity contribution in [2.24, 2.45) is 0 Å². The molecule has 7 heteroatoms. The van der Waals surface area contributed by atoms with Gasteiger partial charge in [0.1, 0.15) is 6.54 Å². The van der Waals surface area contributed by atoms with Gasteiger partial charge in [0.25, 0.3) is 10.0 Å². The van der Waals surface area contributed by atoms with Gasteiger partial charge >= 0.3 is 0 Å². The van der Waals surface area contributed by atoms with E-state index in [4.69, 9.17) is 11.6 Å². The van der Waals surface area contributed by atoms with E-state index in [1.54, 1.807) is 42.5 Å². The summed E-state index contributed by atoms with van der Waals surface area (Å²) in [7, 11) is -3.97. The van der Waals surface area contributed by atoms with Gasteiger partial charge in [-0.05, 0) is 42.3 Å². The van der Waals surface area contributed by atoms with Crippen molar-refractivity contribution in [2.45, 2.75) is 18.4 Å². The average molecular weight is 429 g/mol. The lowest BCUT2D eigenvalue weighted by atomic mass is 10.1. The molecule has 29 heavy (non-hydrogen) atoms. The molecule has 5 nitrogen and oxygen atoms in total. The quantitative estimate of drug-likeness (QED) is 0.614. The van der Waals surface area contributed by atoms with E-state index in [-0.39, 0.29) is 22.2 Å². The number of sulfonamides is 1. The SMILES string of the molecule is Cc1ccccc1CNC(=O)CN(c1ccccc1Cl)S(=O)(=O)c1ccccc1. The van der Waals surface area contributed by atoms with Gasteiger partial charge in [-0.3, -0.25) is 9.10 Å². The van der Waals surface area contributed by atoms with Crippen molar-refractivity contribution >= 4 is 33.2 Å². The van der Waals surface area contributed by atoms with E-state index in [1.165, 1.54) is 12.1 Å². The number of hydrogen-bond donors (Lipinski definition) is 1. The number of nitrogens with zero attached hydrogens (tertiary/aromatic N) is 1. The second kappa shape index (κ2) is 9.11. The second-order valence-corrected chi connectivity index (χ2v) is 8.75. The monoisotopic (exact) mass is 428 g/mol. The number of carbonyl (C=O) groups excluding carboxylic acids is 1. The Labute approximate surface area is 176 Å². The van der Waals surface area contributed by atoms with Crippen LogP contribution in [0.1, 0.15) is 11.1 Å². The van der Waals surface area contributed by atoms with Crippen LogP contribution in [0.15, 0.2) is 83.8 Å². The lowest BCUT2D eigenvalue weighted by Crippen LogP contribution is -2.40. The molecule has 0 heterocycles. The first-order valence-corrected chi connectivity index (χ1v) is 10.8. The minimum Gasteiger partial charge on any atom is -0.350 e. The van der Waals surface area contributed by atoms with Crippen molar-refractivity contribution in [1.82, 2.24) is 5.32 Å². The van der Waals surface area contributed by atoms with Crippen molar-refractivity contribution in [2.75, 3.05) is 10.8 Å². The molecule has 3 aromatic rings. The van der Waals surface area contributed by atoms with Gasteiger partial charge in [0, 0.05) is 6.54 Å². The summed E-state index contributed by atoms with van der Waals surface area (Å²) in [6, 6.07) is 22.2. The summed E-state index contributed by atoms with van der Waals surface area (Å²) in [5.74, 6) is -0.423.